The van der Waals surface area contributed by atoms with E-state index in [1.807, 2.05) is 6.07 Å². The zero-order chi connectivity index (χ0) is 14.3. The van der Waals surface area contributed by atoms with Gasteiger partial charge < -0.3 is 5.73 Å². The van der Waals surface area contributed by atoms with Gasteiger partial charge in [0.25, 0.3) is 0 Å². The number of pyridine rings is 2. The van der Waals surface area contributed by atoms with E-state index in [0.717, 1.165) is 22.8 Å². The van der Waals surface area contributed by atoms with Gasteiger partial charge in [-0.2, -0.15) is 0 Å². The lowest BCUT2D eigenvalue weighted by Gasteiger charge is -2.05. The number of fused-ring (bicyclic) bond motifs is 1. The maximum absolute atomic E-state index is 11.7. The number of nitrogen functional groups attached to an aromatic ring is 1. The van der Waals surface area contributed by atoms with Crippen LogP contribution in [0.15, 0.2) is 43.0 Å². The van der Waals surface area contributed by atoms with Crippen LogP contribution in [0.5, 0.6) is 0 Å². The molecule has 0 aliphatic rings. The van der Waals surface area contributed by atoms with Gasteiger partial charge in [0.1, 0.15) is 5.82 Å². The maximum Gasteiger partial charge on any atom is 0.236 e. The van der Waals surface area contributed by atoms with Crippen molar-refractivity contribution in [1.82, 2.24) is 13.9 Å². The second-order valence-electron chi connectivity index (χ2n) is 4.46. The molecule has 2 N–H and O–H groups in total. The van der Waals surface area contributed by atoms with E-state index in [1.165, 1.54) is 16.4 Å². The van der Waals surface area contributed by atoms with Crippen molar-refractivity contribution in [1.29, 1.82) is 0 Å². The molecule has 0 spiro atoms. The van der Waals surface area contributed by atoms with Gasteiger partial charge >= 0.3 is 0 Å². The Morgan fingerprint density at radius 3 is 2.75 bits per heavy atom. The minimum Gasteiger partial charge on any atom is -0.384 e. The first-order chi connectivity index (χ1) is 9.47. The first kappa shape index (κ1) is 12.6. The van der Waals surface area contributed by atoms with Gasteiger partial charge in [0.15, 0.2) is 0 Å². The summed E-state index contributed by atoms with van der Waals surface area (Å²) in [5.41, 5.74) is 7.89. The Bertz CT molecular complexity index is 900. The lowest BCUT2D eigenvalue weighted by Crippen LogP contribution is -2.08. The molecule has 20 heavy (non-hydrogen) atoms. The van der Waals surface area contributed by atoms with Crippen LogP contribution in [0.4, 0.5) is 5.82 Å². The Morgan fingerprint density at radius 1 is 1.25 bits per heavy atom. The molecule has 7 heteroatoms. The molecular weight excluding hydrogens is 276 g/mol. The van der Waals surface area contributed by atoms with E-state index in [0.29, 0.717) is 11.3 Å². The second kappa shape index (κ2) is 4.31. The van der Waals surface area contributed by atoms with Crippen molar-refractivity contribution < 1.29 is 8.42 Å². The van der Waals surface area contributed by atoms with Crippen LogP contribution in [0.1, 0.15) is 0 Å². The average Bonchev–Trinajstić information content (AvgIpc) is 2.82. The van der Waals surface area contributed by atoms with Gasteiger partial charge in [0, 0.05) is 29.5 Å². The third kappa shape index (κ3) is 2.01. The van der Waals surface area contributed by atoms with Gasteiger partial charge in [-0.25, -0.2) is 17.4 Å². The molecular formula is C13H12N4O2S. The van der Waals surface area contributed by atoms with Crippen LogP contribution >= 0.6 is 0 Å². The fourth-order valence-electron chi connectivity index (χ4n) is 2.17. The molecule has 6 nitrogen and oxygen atoms in total. The predicted molar refractivity (Wildman–Crippen MR) is 77.6 cm³/mol. The molecule has 102 valence electrons. The average molecular weight is 288 g/mol. The van der Waals surface area contributed by atoms with E-state index in [-0.39, 0.29) is 0 Å². The smallest absolute Gasteiger partial charge is 0.236 e. The minimum absolute atomic E-state index is 0.405. The molecule has 0 bridgehead atoms. The van der Waals surface area contributed by atoms with E-state index in [1.54, 1.807) is 24.5 Å². The van der Waals surface area contributed by atoms with Crippen molar-refractivity contribution in [3.05, 3.63) is 43.0 Å². The van der Waals surface area contributed by atoms with E-state index in [4.69, 9.17) is 5.73 Å². The summed E-state index contributed by atoms with van der Waals surface area (Å²) in [5.74, 6) is 0.405. The molecule has 0 aliphatic carbocycles. The number of hydrogen-bond acceptors (Lipinski definition) is 5. The van der Waals surface area contributed by atoms with Crippen molar-refractivity contribution in [3.63, 3.8) is 0 Å². The number of rotatable bonds is 2. The van der Waals surface area contributed by atoms with Gasteiger partial charge in [-0.15, -0.1) is 0 Å². The predicted octanol–water partition coefficient (Wildman–Crippen LogP) is 1.49. The summed E-state index contributed by atoms with van der Waals surface area (Å²) in [6.07, 6.45) is 7.50. The topological polar surface area (TPSA) is 90.9 Å². The molecule has 0 atom stereocenters. The summed E-state index contributed by atoms with van der Waals surface area (Å²) >= 11 is 0. The molecule has 0 radical (unpaired) electrons. The fourth-order valence-corrected chi connectivity index (χ4v) is 2.95. The summed E-state index contributed by atoms with van der Waals surface area (Å²) in [5, 5.41) is 0.802. The van der Waals surface area contributed by atoms with E-state index in [2.05, 4.69) is 9.97 Å². The highest BCUT2D eigenvalue weighted by Crippen LogP contribution is 2.29. The summed E-state index contributed by atoms with van der Waals surface area (Å²) in [6.45, 7) is 0. The Labute approximate surface area is 115 Å². The highest BCUT2D eigenvalue weighted by atomic mass is 32.2. The first-order valence-electron chi connectivity index (χ1n) is 5.84. The lowest BCUT2D eigenvalue weighted by molar-refractivity contribution is 0.595. The minimum atomic E-state index is -3.35. The molecule has 3 heterocycles. The molecule has 0 saturated carbocycles. The molecule has 3 aromatic heterocycles. The standard InChI is InChI=1S/C13H12N4O2S/c1-20(18,19)17-5-3-10-11(7-15-8-12(10)17)9-2-4-16-13(14)6-9/h2-8H,1H3,(H2,14,16). The van der Waals surface area contributed by atoms with E-state index < -0.39 is 10.0 Å². The molecule has 0 aromatic carbocycles. The third-order valence-corrected chi connectivity index (χ3v) is 4.06. The van der Waals surface area contributed by atoms with Gasteiger partial charge in [-0.1, -0.05) is 0 Å². The van der Waals surface area contributed by atoms with Crippen LogP contribution in [0.3, 0.4) is 0 Å². The van der Waals surface area contributed by atoms with Gasteiger partial charge in [-0.3, -0.25) is 4.98 Å². The van der Waals surface area contributed by atoms with Crippen molar-refractivity contribution in [2.45, 2.75) is 0 Å². The monoisotopic (exact) mass is 288 g/mol. The quantitative estimate of drug-likeness (QED) is 0.771. The second-order valence-corrected chi connectivity index (χ2v) is 6.32. The molecule has 3 rings (SSSR count). The maximum atomic E-state index is 11.7. The molecule has 0 saturated heterocycles. The fraction of sp³-hybridized carbons (Fsp3) is 0.0769. The number of anilines is 1. The van der Waals surface area contributed by atoms with E-state index >= 15 is 0 Å². The van der Waals surface area contributed by atoms with Gasteiger partial charge in [0.2, 0.25) is 10.0 Å². The molecule has 0 aliphatic heterocycles. The zero-order valence-corrected chi connectivity index (χ0v) is 11.5. The van der Waals surface area contributed by atoms with Crippen LogP contribution < -0.4 is 5.73 Å². The summed E-state index contributed by atoms with van der Waals surface area (Å²) in [7, 11) is -3.35. The lowest BCUT2D eigenvalue weighted by atomic mass is 10.1. The first-order valence-corrected chi connectivity index (χ1v) is 7.69. The largest absolute Gasteiger partial charge is 0.384 e. The van der Waals surface area contributed by atoms with Crippen molar-refractivity contribution in [2.24, 2.45) is 0 Å². The van der Waals surface area contributed by atoms with Crippen molar-refractivity contribution >= 4 is 26.7 Å². The van der Waals surface area contributed by atoms with Crippen LogP contribution in [-0.4, -0.2) is 28.6 Å². The van der Waals surface area contributed by atoms with Crippen LogP contribution in [0, 0.1) is 0 Å². The van der Waals surface area contributed by atoms with Crippen LogP contribution in [-0.2, 0) is 10.0 Å². The highest BCUT2D eigenvalue weighted by Gasteiger charge is 2.13. The number of hydrogen-bond donors (Lipinski definition) is 1. The number of nitrogens with zero attached hydrogens (tertiary/aromatic N) is 3. The highest BCUT2D eigenvalue weighted by molar-refractivity contribution is 7.89. The Morgan fingerprint density at radius 2 is 2.05 bits per heavy atom. The Hall–Kier alpha value is -2.41. The SMILES string of the molecule is CS(=O)(=O)n1ccc2c(-c3ccnc(N)c3)cncc21. The molecule has 0 fully saturated rings. The van der Waals surface area contributed by atoms with Gasteiger partial charge in [0.05, 0.1) is 18.0 Å². The summed E-state index contributed by atoms with van der Waals surface area (Å²) < 4.78 is 24.6. The van der Waals surface area contributed by atoms with Crippen LogP contribution in [0.2, 0.25) is 0 Å². The normalized spacial score (nSPS) is 11.8. The van der Waals surface area contributed by atoms with E-state index in [9.17, 15) is 8.42 Å². The summed E-state index contributed by atoms with van der Waals surface area (Å²) in [6, 6.07) is 5.29. The number of nitrogens with two attached hydrogens (primary N) is 1. The van der Waals surface area contributed by atoms with Gasteiger partial charge in [-0.05, 0) is 23.8 Å². The van der Waals surface area contributed by atoms with Crippen molar-refractivity contribution in [3.8, 4) is 11.1 Å². The molecule has 0 unspecified atom stereocenters. The Balaban J connectivity index is 2.32. The Kier molecular flexibility index (Phi) is 2.72. The third-order valence-electron chi connectivity index (χ3n) is 3.03. The van der Waals surface area contributed by atoms with Crippen molar-refractivity contribution in [2.75, 3.05) is 12.0 Å². The zero-order valence-electron chi connectivity index (χ0n) is 10.7. The molecule has 0 amide bonds. The summed E-state index contributed by atoms with van der Waals surface area (Å²) in [4.78, 5) is 8.06. The molecule has 3 aromatic rings. The van der Waals surface area contributed by atoms with Crippen LogP contribution in [0.25, 0.3) is 22.0 Å². The number of aromatic nitrogens is 3.